The largest absolute Gasteiger partial charge is 0.338 e. The van der Waals surface area contributed by atoms with E-state index in [0.29, 0.717) is 29.8 Å². The minimum atomic E-state index is 0.496. The summed E-state index contributed by atoms with van der Waals surface area (Å²) < 4.78 is 7.32. The van der Waals surface area contributed by atoms with Gasteiger partial charge < -0.3 is 9.09 Å². The van der Waals surface area contributed by atoms with Gasteiger partial charge in [0.2, 0.25) is 11.7 Å². The first-order valence-corrected chi connectivity index (χ1v) is 7.68. The number of aryl methyl sites for hydroxylation is 1. The third-order valence-corrected chi connectivity index (χ3v) is 3.77. The second-order valence-corrected chi connectivity index (χ2v) is 5.60. The average Bonchev–Trinajstić information content (AvgIpc) is 3.17. The van der Waals surface area contributed by atoms with Gasteiger partial charge in [-0.1, -0.05) is 28.9 Å². The molecule has 0 radical (unpaired) electrons. The lowest BCUT2D eigenvalue weighted by Gasteiger charge is -2.13. The Hall–Kier alpha value is -2.25. The van der Waals surface area contributed by atoms with Gasteiger partial charge in [-0.05, 0) is 26.1 Å². The van der Waals surface area contributed by atoms with E-state index in [-0.39, 0.29) is 0 Å². The van der Waals surface area contributed by atoms with Crippen LogP contribution >= 0.6 is 11.6 Å². The summed E-state index contributed by atoms with van der Waals surface area (Å²) in [4.78, 5) is 6.45. The van der Waals surface area contributed by atoms with Gasteiger partial charge in [-0.3, -0.25) is 4.90 Å². The van der Waals surface area contributed by atoms with Crippen molar-refractivity contribution in [2.75, 3.05) is 7.05 Å². The molecule has 23 heavy (non-hydrogen) atoms. The highest BCUT2D eigenvalue weighted by Gasteiger charge is 2.14. The maximum absolute atomic E-state index is 6.15. The molecule has 0 saturated heterocycles. The van der Waals surface area contributed by atoms with Crippen molar-refractivity contribution >= 4 is 11.6 Å². The van der Waals surface area contributed by atoms with Crippen LogP contribution in [-0.4, -0.2) is 36.9 Å². The quantitative estimate of drug-likeness (QED) is 0.691. The van der Waals surface area contributed by atoms with E-state index in [4.69, 9.17) is 16.1 Å². The molecule has 0 saturated carbocycles. The van der Waals surface area contributed by atoms with E-state index in [1.54, 1.807) is 12.4 Å². The Morgan fingerprint density at radius 2 is 2.09 bits per heavy atom. The molecule has 2 aromatic heterocycles. The Labute approximate surface area is 138 Å². The zero-order chi connectivity index (χ0) is 16.2. The molecule has 0 bridgehead atoms. The normalized spacial score (nSPS) is 11.3. The Balaban J connectivity index is 1.68. The molecule has 0 fully saturated rings. The summed E-state index contributed by atoms with van der Waals surface area (Å²) in [5.41, 5.74) is 0.762. The van der Waals surface area contributed by atoms with Gasteiger partial charge in [0.1, 0.15) is 12.2 Å². The van der Waals surface area contributed by atoms with E-state index in [1.807, 2.05) is 34.7 Å². The summed E-state index contributed by atoms with van der Waals surface area (Å²) in [6.45, 7) is 4.07. The van der Waals surface area contributed by atoms with Gasteiger partial charge in [0, 0.05) is 12.1 Å². The second kappa shape index (κ2) is 6.89. The first-order chi connectivity index (χ1) is 11.2. The highest BCUT2D eigenvalue weighted by molar-refractivity contribution is 6.33. The van der Waals surface area contributed by atoms with Gasteiger partial charge in [0.05, 0.1) is 18.1 Å². The lowest BCUT2D eigenvalue weighted by Crippen LogP contribution is -2.20. The number of hydrogen-bond donors (Lipinski definition) is 0. The Bertz CT molecular complexity index is 784. The Morgan fingerprint density at radius 3 is 2.87 bits per heavy atom. The number of benzene rings is 1. The van der Waals surface area contributed by atoms with Crippen molar-refractivity contribution in [1.82, 2.24) is 29.8 Å². The van der Waals surface area contributed by atoms with Crippen molar-refractivity contribution in [2.45, 2.75) is 26.6 Å². The summed E-state index contributed by atoms with van der Waals surface area (Å²) in [5, 5.41) is 12.6. The maximum Gasteiger partial charge on any atom is 0.241 e. The van der Waals surface area contributed by atoms with E-state index in [9.17, 15) is 0 Å². The molecule has 0 N–H and O–H groups in total. The van der Waals surface area contributed by atoms with Crippen molar-refractivity contribution in [1.29, 1.82) is 0 Å². The van der Waals surface area contributed by atoms with E-state index >= 15 is 0 Å². The van der Waals surface area contributed by atoms with Crippen molar-refractivity contribution in [3.8, 4) is 11.4 Å². The van der Waals surface area contributed by atoms with Crippen LogP contribution in [0.2, 0.25) is 5.02 Å². The van der Waals surface area contributed by atoms with Gasteiger partial charge in [0.25, 0.3) is 0 Å². The predicted octanol–water partition coefficient (Wildman–Crippen LogP) is 2.63. The zero-order valence-electron chi connectivity index (χ0n) is 13.0. The van der Waals surface area contributed by atoms with Crippen molar-refractivity contribution in [3.63, 3.8) is 0 Å². The molecule has 8 heteroatoms. The SMILES string of the molecule is CCn1cnnc1CN(C)Cc1nc(-c2ccccc2Cl)no1. The summed E-state index contributed by atoms with van der Waals surface area (Å²) >= 11 is 6.15. The van der Waals surface area contributed by atoms with Crippen LogP contribution in [0.4, 0.5) is 0 Å². The number of rotatable bonds is 6. The molecule has 7 nitrogen and oxygen atoms in total. The molecule has 2 heterocycles. The fourth-order valence-electron chi connectivity index (χ4n) is 2.26. The molecular formula is C15H17ClN6O. The first-order valence-electron chi connectivity index (χ1n) is 7.30. The summed E-state index contributed by atoms with van der Waals surface area (Å²) in [5.74, 6) is 1.93. The van der Waals surface area contributed by atoms with Crippen LogP contribution in [0.15, 0.2) is 35.1 Å². The molecule has 0 amide bonds. The molecule has 1 aromatic carbocycles. The number of aromatic nitrogens is 5. The monoisotopic (exact) mass is 332 g/mol. The van der Waals surface area contributed by atoms with Crippen molar-refractivity contribution in [3.05, 3.63) is 47.3 Å². The average molecular weight is 333 g/mol. The lowest BCUT2D eigenvalue weighted by molar-refractivity contribution is 0.253. The van der Waals surface area contributed by atoms with Gasteiger partial charge in [-0.25, -0.2) is 0 Å². The molecule has 0 aliphatic heterocycles. The fraction of sp³-hybridized carbons (Fsp3) is 0.333. The van der Waals surface area contributed by atoms with Crippen LogP contribution in [-0.2, 0) is 19.6 Å². The van der Waals surface area contributed by atoms with Crippen LogP contribution in [0.1, 0.15) is 18.6 Å². The third-order valence-electron chi connectivity index (χ3n) is 3.44. The van der Waals surface area contributed by atoms with Gasteiger partial charge in [-0.15, -0.1) is 10.2 Å². The van der Waals surface area contributed by atoms with Crippen LogP contribution in [0, 0.1) is 0 Å². The van der Waals surface area contributed by atoms with Crippen LogP contribution in [0.5, 0.6) is 0 Å². The number of hydrogen-bond acceptors (Lipinski definition) is 6. The number of halogens is 1. The predicted molar refractivity (Wildman–Crippen MR) is 85.6 cm³/mol. The number of nitrogens with zero attached hydrogens (tertiary/aromatic N) is 6. The van der Waals surface area contributed by atoms with E-state index in [0.717, 1.165) is 17.9 Å². The molecule has 3 aromatic rings. The first kappa shape index (κ1) is 15.6. The van der Waals surface area contributed by atoms with E-state index in [2.05, 4.69) is 27.3 Å². The van der Waals surface area contributed by atoms with Crippen LogP contribution < -0.4 is 0 Å². The summed E-state index contributed by atoms with van der Waals surface area (Å²) in [7, 11) is 1.97. The molecule has 120 valence electrons. The molecule has 0 atom stereocenters. The van der Waals surface area contributed by atoms with Gasteiger partial charge >= 0.3 is 0 Å². The minimum Gasteiger partial charge on any atom is -0.338 e. The standard InChI is InChI=1S/C15H17ClN6O/c1-3-22-10-17-19-13(22)8-21(2)9-14-18-15(20-23-14)11-6-4-5-7-12(11)16/h4-7,10H,3,8-9H2,1-2H3. The Kier molecular flexibility index (Phi) is 4.68. The fourth-order valence-corrected chi connectivity index (χ4v) is 2.49. The molecule has 3 rings (SSSR count). The highest BCUT2D eigenvalue weighted by Crippen LogP contribution is 2.25. The topological polar surface area (TPSA) is 72.9 Å². The minimum absolute atomic E-state index is 0.496. The van der Waals surface area contributed by atoms with E-state index < -0.39 is 0 Å². The molecular weight excluding hydrogens is 316 g/mol. The molecule has 0 aliphatic rings. The van der Waals surface area contributed by atoms with Crippen LogP contribution in [0.3, 0.4) is 0 Å². The summed E-state index contributed by atoms with van der Waals surface area (Å²) in [6.07, 6.45) is 1.73. The van der Waals surface area contributed by atoms with Crippen LogP contribution in [0.25, 0.3) is 11.4 Å². The molecule has 0 aliphatic carbocycles. The third kappa shape index (κ3) is 3.57. The lowest BCUT2D eigenvalue weighted by atomic mass is 10.2. The van der Waals surface area contributed by atoms with Crippen molar-refractivity contribution < 1.29 is 4.52 Å². The maximum atomic E-state index is 6.15. The Morgan fingerprint density at radius 1 is 1.26 bits per heavy atom. The zero-order valence-corrected chi connectivity index (χ0v) is 13.7. The molecule has 0 spiro atoms. The highest BCUT2D eigenvalue weighted by atomic mass is 35.5. The smallest absolute Gasteiger partial charge is 0.241 e. The molecule has 0 unspecified atom stereocenters. The van der Waals surface area contributed by atoms with Gasteiger partial charge in [-0.2, -0.15) is 4.98 Å². The second-order valence-electron chi connectivity index (χ2n) is 5.20. The van der Waals surface area contributed by atoms with Crippen molar-refractivity contribution in [2.24, 2.45) is 0 Å². The van der Waals surface area contributed by atoms with Gasteiger partial charge in [0.15, 0.2) is 0 Å². The van der Waals surface area contributed by atoms with E-state index in [1.165, 1.54) is 0 Å². The summed E-state index contributed by atoms with van der Waals surface area (Å²) in [6, 6.07) is 7.42.